The first-order valence-corrected chi connectivity index (χ1v) is 7.25. The second-order valence-corrected chi connectivity index (χ2v) is 5.85. The first-order valence-electron chi connectivity index (χ1n) is 7.25. The fourth-order valence-corrected chi connectivity index (χ4v) is 2.04. The molecule has 19 heavy (non-hydrogen) atoms. The van der Waals surface area contributed by atoms with Crippen molar-refractivity contribution in [3.63, 3.8) is 0 Å². The molecule has 1 unspecified atom stereocenters. The molecule has 106 valence electrons. The van der Waals surface area contributed by atoms with Crippen molar-refractivity contribution >= 4 is 5.97 Å². The van der Waals surface area contributed by atoms with Crippen molar-refractivity contribution in [1.82, 2.24) is 0 Å². The molecule has 0 saturated carbocycles. The number of benzene rings is 1. The molecule has 0 amide bonds. The fourth-order valence-electron chi connectivity index (χ4n) is 2.04. The molecule has 0 N–H and O–H groups in total. The fraction of sp³-hybridized carbons (Fsp3) is 0.588. The average molecular weight is 262 g/mol. The summed E-state index contributed by atoms with van der Waals surface area (Å²) in [5.74, 6) is 0.487. The monoisotopic (exact) mass is 262 g/mol. The number of hydrogen-bond acceptors (Lipinski definition) is 2. The van der Waals surface area contributed by atoms with E-state index in [4.69, 9.17) is 4.74 Å². The van der Waals surface area contributed by atoms with Crippen LogP contribution < -0.4 is 0 Å². The molecule has 0 heterocycles. The van der Waals surface area contributed by atoms with E-state index in [0.717, 1.165) is 19.3 Å². The Hall–Kier alpha value is -1.31. The predicted octanol–water partition coefficient (Wildman–Crippen LogP) is 4.84. The van der Waals surface area contributed by atoms with E-state index in [1.807, 2.05) is 25.1 Å². The summed E-state index contributed by atoms with van der Waals surface area (Å²) >= 11 is 0. The lowest BCUT2D eigenvalue weighted by Crippen LogP contribution is -2.31. The number of esters is 1. The van der Waals surface area contributed by atoms with Gasteiger partial charge in [0.2, 0.25) is 0 Å². The van der Waals surface area contributed by atoms with Crippen LogP contribution >= 0.6 is 0 Å². The molecular formula is C17H26O2. The Balaban J connectivity index is 2.57. The Morgan fingerprint density at radius 3 is 2.42 bits per heavy atom. The molecule has 0 aliphatic rings. The van der Waals surface area contributed by atoms with Gasteiger partial charge in [0.05, 0.1) is 5.56 Å². The minimum absolute atomic E-state index is 0.213. The van der Waals surface area contributed by atoms with Crippen LogP contribution in [0.4, 0.5) is 0 Å². The molecule has 1 rings (SSSR count). The van der Waals surface area contributed by atoms with Crippen LogP contribution in [-0.2, 0) is 4.74 Å². The molecule has 0 radical (unpaired) electrons. The molecule has 0 saturated heterocycles. The van der Waals surface area contributed by atoms with E-state index in [9.17, 15) is 4.79 Å². The number of carbonyl (C=O) groups is 1. The van der Waals surface area contributed by atoms with Gasteiger partial charge in [-0.15, -0.1) is 0 Å². The topological polar surface area (TPSA) is 26.3 Å². The van der Waals surface area contributed by atoms with Crippen LogP contribution in [0, 0.1) is 5.92 Å². The molecule has 0 spiro atoms. The number of carbonyl (C=O) groups excluding carboxylic acids is 1. The molecule has 0 aromatic heterocycles. The van der Waals surface area contributed by atoms with E-state index in [-0.39, 0.29) is 11.6 Å². The molecule has 0 aliphatic carbocycles. The van der Waals surface area contributed by atoms with Gasteiger partial charge in [-0.25, -0.2) is 4.79 Å². The lowest BCUT2D eigenvalue weighted by Gasteiger charge is -2.28. The van der Waals surface area contributed by atoms with Crippen molar-refractivity contribution < 1.29 is 9.53 Å². The zero-order valence-electron chi connectivity index (χ0n) is 12.6. The highest BCUT2D eigenvalue weighted by Crippen LogP contribution is 2.25. The molecule has 1 aromatic rings. The largest absolute Gasteiger partial charge is 0.456 e. The van der Waals surface area contributed by atoms with E-state index in [1.165, 1.54) is 6.42 Å². The molecule has 2 nitrogen and oxygen atoms in total. The second-order valence-electron chi connectivity index (χ2n) is 5.85. The second kappa shape index (κ2) is 7.32. The van der Waals surface area contributed by atoms with Crippen LogP contribution in [0.2, 0.25) is 0 Å². The SMILES string of the molecule is CCC(C)(CCCC(C)C)OC(=O)c1ccccc1. The molecule has 1 atom stereocenters. The Bertz CT molecular complexity index is 384. The number of rotatable bonds is 7. The van der Waals surface area contributed by atoms with E-state index in [1.54, 1.807) is 12.1 Å². The highest BCUT2D eigenvalue weighted by atomic mass is 16.6. The van der Waals surface area contributed by atoms with Crippen LogP contribution in [-0.4, -0.2) is 11.6 Å². The predicted molar refractivity (Wildman–Crippen MR) is 79.2 cm³/mol. The molecular weight excluding hydrogens is 236 g/mol. The van der Waals surface area contributed by atoms with Gasteiger partial charge < -0.3 is 4.74 Å². The lowest BCUT2D eigenvalue weighted by molar-refractivity contribution is -0.0167. The van der Waals surface area contributed by atoms with Gasteiger partial charge in [-0.3, -0.25) is 0 Å². The van der Waals surface area contributed by atoms with Crippen molar-refractivity contribution in [3.05, 3.63) is 35.9 Å². The van der Waals surface area contributed by atoms with Gasteiger partial charge in [0.1, 0.15) is 5.60 Å². The minimum atomic E-state index is -0.345. The molecule has 0 fully saturated rings. The van der Waals surface area contributed by atoms with Gasteiger partial charge in [0, 0.05) is 0 Å². The van der Waals surface area contributed by atoms with Gasteiger partial charge in [0.15, 0.2) is 0 Å². The van der Waals surface area contributed by atoms with Gasteiger partial charge in [-0.2, -0.15) is 0 Å². The Morgan fingerprint density at radius 1 is 1.26 bits per heavy atom. The summed E-state index contributed by atoms with van der Waals surface area (Å²) < 4.78 is 5.72. The third-order valence-electron chi connectivity index (χ3n) is 3.58. The summed E-state index contributed by atoms with van der Waals surface area (Å²) in [4.78, 5) is 12.1. The molecule has 0 aliphatic heterocycles. The third-order valence-corrected chi connectivity index (χ3v) is 3.58. The minimum Gasteiger partial charge on any atom is -0.456 e. The quantitative estimate of drug-likeness (QED) is 0.657. The maximum absolute atomic E-state index is 12.1. The molecule has 1 aromatic carbocycles. The third kappa shape index (κ3) is 5.46. The summed E-state index contributed by atoms with van der Waals surface area (Å²) in [6.45, 7) is 8.56. The van der Waals surface area contributed by atoms with Crippen LogP contribution in [0.15, 0.2) is 30.3 Å². The molecule has 0 bridgehead atoms. The molecule has 2 heteroatoms. The summed E-state index contributed by atoms with van der Waals surface area (Å²) in [6.07, 6.45) is 4.06. The van der Waals surface area contributed by atoms with Crippen LogP contribution in [0.25, 0.3) is 0 Å². The van der Waals surface area contributed by atoms with E-state index in [2.05, 4.69) is 20.8 Å². The Kier molecular flexibility index (Phi) is 6.07. The van der Waals surface area contributed by atoms with Crippen LogP contribution in [0.5, 0.6) is 0 Å². The van der Waals surface area contributed by atoms with E-state index >= 15 is 0 Å². The standard InChI is InChI=1S/C17H26O2/c1-5-17(4,13-9-10-14(2)3)19-16(18)15-11-7-6-8-12-15/h6-8,11-12,14H,5,9-10,13H2,1-4H3. The number of ether oxygens (including phenoxy) is 1. The van der Waals surface area contributed by atoms with Gasteiger partial charge in [-0.1, -0.05) is 45.4 Å². The normalized spacial score (nSPS) is 14.2. The van der Waals surface area contributed by atoms with Gasteiger partial charge >= 0.3 is 5.97 Å². The summed E-state index contributed by atoms with van der Waals surface area (Å²) in [5, 5.41) is 0. The van der Waals surface area contributed by atoms with Crippen molar-refractivity contribution in [2.75, 3.05) is 0 Å². The maximum Gasteiger partial charge on any atom is 0.338 e. The first kappa shape index (κ1) is 15.7. The van der Waals surface area contributed by atoms with E-state index < -0.39 is 0 Å². The summed E-state index contributed by atoms with van der Waals surface area (Å²) in [6, 6.07) is 9.22. The highest BCUT2D eigenvalue weighted by Gasteiger charge is 2.26. The van der Waals surface area contributed by atoms with E-state index in [0.29, 0.717) is 11.5 Å². The van der Waals surface area contributed by atoms with Crippen molar-refractivity contribution in [1.29, 1.82) is 0 Å². The summed E-state index contributed by atoms with van der Waals surface area (Å²) in [7, 11) is 0. The average Bonchev–Trinajstić information content (AvgIpc) is 2.39. The van der Waals surface area contributed by atoms with Crippen molar-refractivity contribution in [2.45, 2.75) is 59.0 Å². The lowest BCUT2D eigenvalue weighted by atomic mass is 9.93. The zero-order valence-corrected chi connectivity index (χ0v) is 12.6. The Morgan fingerprint density at radius 2 is 1.89 bits per heavy atom. The van der Waals surface area contributed by atoms with Gasteiger partial charge in [0.25, 0.3) is 0 Å². The van der Waals surface area contributed by atoms with Crippen molar-refractivity contribution in [2.24, 2.45) is 5.92 Å². The van der Waals surface area contributed by atoms with Gasteiger partial charge in [-0.05, 0) is 44.2 Å². The smallest absolute Gasteiger partial charge is 0.338 e. The highest BCUT2D eigenvalue weighted by molar-refractivity contribution is 5.89. The van der Waals surface area contributed by atoms with Crippen LogP contribution in [0.1, 0.15) is 63.7 Å². The summed E-state index contributed by atoms with van der Waals surface area (Å²) in [5.41, 5.74) is 0.285. The maximum atomic E-state index is 12.1. The zero-order chi connectivity index (χ0) is 14.3. The van der Waals surface area contributed by atoms with Crippen LogP contribution in [0.3, 0.4) is 0 Å². The van der Waals surface area contributed by atoms with Crippen molar-refractivity contribution in [3.8, 4) is 0 Å². The Labute approximate surface area is 117 Å². The first-order chi connectivity index (χ1) is 8.97. The number of hydrogen-bond donors (Lipinski definition) is 0.